The van der Waals surface area contributed by atoms with Crippen molar-refractivity contribution in [3.8, 4) is 17.2 Å². The standard InChI is InChI=1S/C34H40N4O3/c1-26-15-16-32-29(22-26)24-36(2)19-17-28(27-10-5-4-6-11-27)12-9-18-37(20-21-41-32)34(39)30-23-35-38(25-30)31-13-7-8-14-33(31)40-3/h4-8,10-11,13-16,22-23,25,28H,9,12,17-21,24H2,1-3H3. The highest BCUT2D eigenvalue weighted by Gasteiger charge is 2.21. The molecule has 1 amide bonds. The summed E-state index contributed by atoms with van der Waals surface area (Å²) in [6, 6.07) is 24.8. The number of carbonyl (C=O) groups excluding carboxylic acids is 1. The number of para-hydroxylation sites is 2. The number of methoxy groups -OCH3 is 1. The summed E-state index contributed by atoms with van der Waals surface area (Å²) < 4.78 is 13.5. The second-order valence-corrected chi connectivity index (χ2v) is 10.9. The third-order valence-electron chi connectivity index (χ3n) is 7.83. The molecule has 1 aliphatic rings. The summed E-state index contributed by atoms with van der Waals surface area (Å²) in [6.07, 6.45) is 6.40. The van der Waals surface area contributed by atoms with Crippen LogP contribution in [-0.4, -0.2) is 65.9 Å². The van der Waals surface area contributed by atoms with Crippen molar-refractivity contribution in [1.29, 1.82) is 0 Å². The van der Waals surface area contributed by atoms with Crippen LogP contribution in [0.5, 0.6) is 11.5 Å². The summed E-state index contributed by atoms with van der Waals surface area (Å²) in [5.74, 6) is 1.98. The highest BCUT2D eigenvalue weighted by molar-refractivity contribution is 5.93. The molecule has 1 unspecified atom stereocenters. The Bertz CT molecular complexity index is 1430. The van der Waals surface area contributed by atoms with E-state index in [4.69, 9.17) is 9.47 Å². The average molecular weight is 553 g/mol. The number of hydrogen-bond donors (Lipinski definition) is 0. The molecule has 1 aliphatic heterocycles. The Kier molecular flexibility index (Phi) is 9.36. The van der Waals surface area contributed by atoms with Crippen LogP contribution in [0.2, 0.25) is 0 Å². The van der Waals surface area contributed by atoms with Crippen LogP contribution in [0.4, 0.5) is 0 Å². The maximum Gasteiger partial charge on any atom is 0.257 e. The van der Waals surface area contributed by atoms with Gasteiger partial charge in [0, 0.05) is 24.8 Å². The van der Waals surface area contributed by atoms with Gasteiger partial charge in [0.2, 0.25) is 0 Å². The van der Waals surface area contributed by atoms with E-state index in [9.17, 15) is 4.79 Å². The number of rotatable bonds is 4. The van der Waals surface area contributed by atoms with Gasteiger partial charge in [-0.1, -0.05) is 60.2 Å². The van der Waals surface area contributed by atoms with Gasteiger partial charge in [-0.3, -0.25) is 4.79 Å². The highest BCUT2D eigenvalue weighted by atomic mass is 16.5. The van der Waals surface area contributed by atoms with Gasteiger partial charge in [0.25, 0.3) is 5.91 Å². The number of carbonyl (C=O) groups is 1. The van der Waals surface area contributed by atoms with E-state index in [0.29, 0.717) is 36.9 Å². The molecule has 4 aromatic rings. The van der Waals surface area contributed by atoms with Crippen LogP contribution in [0.1, 0.15) is 52.2 Å². The van der Waals surface area contributed by atoms with Gasteiger partial charge < -0.3 is 19.3 Å². The number of aryl methyl sites for hydroxylation is 1. The molecule has 0 spiro atoms. The Balaban J connectivity index is 1.39. The minimum Gasteiger partial charge on any atom is -0.494 e. The lowest BCUT2D eigenvalue weighted by atomic mass is 9.91. The fourth-order valence-electron chi connectivity index (χ4n) is 5.60. The molecule has 0 N–H and O–H groups in total. The van der Waals surface area contributed by atoms with Gasteiger partial charge in [-0.2, -0.15) is 5.10 Å². The number of aromatic nitrogens is 2. The Labute approximate surface area is 243 Å². The summed E-state index contributed by atoms with van der Waals surface area (Å²) in [5.41, 5.74) is 5.10. The molecule has 5 rings (SSSR count). The molecule has 1 aromatic heterocycles. The molecular formula is C34H40N4O3. The molecule has 0 fully saturated rings. The van der Waals surface area contributed by atoms with Crippen molar-refractivity contribution in [2.45, 2.75) is 38.6 Å². The second-order valence-electron chi connectivity index (χ2n) is 10.9. The van der Waals surface area contributed by atoms with Crippen molar-refractivity contribution < 1.29 is 14.3 Å². The van der Waals surface area contributed by atoms with Crippen molar-refractivity contribution >= 4 is 5.91 Å². The van der Waals surface area contributed by atoms with Crippen molar-refractivity contribution in [3.63, 3.8) is 0 Å². The molecule has 41 heavy (non-hydrogen) atoms. The van der Waals surface area contributed by atoms with Crippen LogP contribution < -0.4 is 9.47 Å². The van der Waals surface area contributed by atoms with Crippen molar-refractivity contribution in [2.24, 2.45) is 0 Å². The fourth-order valence-corrected chi connectivity index (χ4v) is 5.60. The molecule has 3 aromatic carbocycles. The summed E-state index contributed by atoms with van der Waals surface area (Å²) in [4.78, 5) is 18.1. The van der Waals surface area contributed by atoms with Gasteiger partial charge in [-0.25, -0.2) is 4.68 Å². The molecule has 0 bridgehead atoms. The minimum atomic E-state index is -0.0398. The molecule has 2 heterocycles. The van der Waals surface area contributed by atoms with E-state index in [1.54, 1.807) is 24.2 Å². The smallest absolute Gasteiger partial charge is 0.257 e. The van der Waals surface area contributed by atoms with E-state index < -0.39 is 0 Å². The van der Waals surface area contributed by atoms with Crippen LogP contribution in [0.25, 0.3) is 5.69 Å². The van der Waals surface area contributed by atoms with E-state index >= 15 is 0 Å². The number of hydrogen-bond acceptors (Lipinski definition) is 5. The predicted octanol–water partition coefficient (Wildman–Crippen LogP) is 6.11. The number of amides is 1. The molecular weight excluding hydrogens is 512 g/mol. The first-order chi connectivity index (χ1) is 20.0. The van der Waals surface area contributed by atoms with Crippen molar-refractivity contribution in [1.82, 2.24) is 19.6 Å². The SMILES string of the molecule is COc1ccccc1-n1cc(C(=O)N2CCCC(c3ccccc3)CCN(C)Cc3cc(C)ccc3OCC2)cn1. The summed E-state index contributed by atoms with van der Waals surface area (Å²) in [7, 11) is 3.82. The zero-order valence-electron chi connectivity index (χ0n) is 24.3. The lowest BCUT2D eigenvalue weighted by Gasteiger charge is -2.27. The first kappa shape index (κ1) is 28.4. The Morgan fingerprint density at radius 1 is 0.976 bits per heavy atom. The largest absolute Gasteiger partial charge is 0.494 e. The van der Waals surface area contributed by atoms with Crippen LogP contribution in [-0.2, 0) is 6.54 Å². The normalized spacial score (nSPS) is 17.2. The topological polar surface area (TPSA) is 59.8 Å². The van der Waals surface area contributed by atoms with Gasteiger partial charge in [0.15, 0.2) is 0 Å². The van der Waals surface area contributed by atoms with E-state index in [1.807, 2.05) is 29.2 Å². The predicted molar refractivity (Wildman–Crippen MR) is 162 cm³/mol. The molecule has 0 radical (unpaired) electrons. The van der Waals surface area contributed by atoms with E-state index in [0.717, 1.165) is 43.8 Å². The lowest BCUT2D eigenvalue weighted by Crippen LogP contribution is -2.35. The summed E-state index contributed by atoms with van der Waals surface area (Å²) >= 11 is 0. The monoisotopic (exact) mass is 552 g/mol. The minimum absolute atomic E-state index is 0.0398. The van der Waals surface area contributed by atoms with Crippen molar-refractivity contribution in [3.05, 3.63) is 107 Å². The summed E-state index contributed by atoms with van der Waals surface area (Å²) in [6.45, 7) is 5.50. The van der Waals surface area contributed by atoms with E-state index in [-0.39, 0.29) is 5.91 Å². The molecule has 7 nitrogen and oxygen atoms in total. The fraction of sp³-hybridized carbons (Fsp3) is 0.353. The Morgan fingerprint density at radius 2 is 1.78 bits per heavy atom. The zero-order chi connectivity index (χ0) is 28.6. The number of benzene rings is 3. The molecule has 214 valence electrons. The third-order valence-corrected chi connectivity index (χ3v) is 7.83. The Hall–Kier alpha value is -4.10. The molecule has 1 atom stereocenters. The van der Waals surface area contributed by atoms with Gasteiger partial charge in [-0.15, -0.1) is 0 Å². The van der Waals surface area contributed by atoms with Gasteiger partial charge in [0.05, 0.1) is 25.4 Å². The maximum atomic E-state index is 13.8. The number of ether oxygens (including phenoxy) is 2. The van der Waals surface area contributed by atoms with Gasteiger partial charge >= 0.3 is 0 Å². The molecule has 0 saturated carbocycles. The average Bonchev–Trinajstić information content (AvgIpc) is 3.49. The molecule has 7 heteroatoms. The summed E-state index contributed by atoms with van der Waals surface area (Å²) in [5, 5.41) is 4.49. The lowest BCUT2D eigenvalue weighted by molar-refractivity contribution is 0.0724. The van der Waals surface area contributed by atoms with Gasteiger partial charge in [0.1, 0.15) is 23.8 Å². The van der Waals surface area contributed by atoms with Crippen LogP contribution in [0.15, 0.2) is 85.2 Å². The van der Waals surface area contributed by atoms with Crippen LogP contribution in [0, 0.1) is 6.92 Å². The number of nitrogens with zero attached hydrogens (tertiary/aromatic N) is 4. The van der Waals surface area contributed by atoms with Crippen molar-refractivity contribution in [2.75, 3.05) is 40.4 Å². The quantitative estimate of drug-likeness (QED) is 0.306. The first-order valence-electron chi connectivity index (χ1n) is 14.4. The van der Waals surface area contributed by atoms with E-state index in [1.165, 1.54) is 16.7 Å². The third kappa shape index (κ3) is 7.16. The number of fused-ring (bicyclic) bond motifs is 1. The van der Waals surface area contributed by atoms with Gasteiger partial charge in [-0.05, 0) is 69.5 Å². The maximum absolute atomic E-state index is 13.8. The second kappa shape index (κ2) is 13.5. The molecule has 0 saturated heterocycles. The van der Waals surface area contributed by atoms with Crippen LogP contribution in [0.3, 0.4) is 0 Å². The molecule has 0 aliphatic carbocycles. The van der Waals surface area contributed by atoms with Crippen LogP contribution >= 0.6 is 0 Å². The highest BCUT2D eigenvalue weighted by Crippen LogP contribution is 2.28. The first-order valence-corrected chi connectivity index (χ1v) is 14.4. The zero-order valence-corrected chi connectivity index (χ0v) is 24.3. The Morgan fingerprint density at radius 3 is 2.61 bits per heavy atom. The van der Waals surface area contributed by atoms with E-state index in [2.05, 4.69) is 72.5 Å².